The van der Waals surface area contributed by atoms with E-state index in [0.717, 1.165) is 15.6 Å². The molecule has 5 heteroatoms. The standard InChI is InChI=1S/C13H9ClN2OS/c14-12-10-5-1-2-6-11(10)13(16-15-12)17-8-9-4-3-7-18-9/h1-7H,8H2. The van der Waals surface area contributed by atoms with Crippen LogP contribution in [0.25, 0.3) is 10.8 Å². The van der Waals surface area contributed by atoms with Crippen molar-refractivity contribution in [3.63, 3.8) is 0 Å². The fraction of sp³-hybridized carbons (Fsp3) is 0.0769. The molecule has 0 aliphatic carbocycles. The molecular formula is C13H9ClN2OS. The lowest BCUT2D eigenvalue weighted by atomic mass is 10.2. The average molecular weight is 277 g/mol. The molecule has 0 radical (unpaired) electrons. The predicted octanol–water partition coefficient (Wildman–Crippen LogP) is 3.92. The Hall–Kier alpha value is -1.65. The number of hydrogen-bond donors (Lipinski definition) is 0. The number of thiophene rings is 1. The summed E-state index contributed by atoms with van der Waals surface area (Å²) in [7, 11) is 0. The number of fused-ring (bicyclic) bond motifs is 1. The molecule has 0 aliphatic rings. The third-order valence-electron chi connectivity index (χ3n) is 2.54. The van der Waals surface area contributed by atoms with Crippen LogP contribution in [-0.2, 0) is 6.61 Å². The van der Waals surface area contributed by atoms with Gasteiger partial charge in [0.1, 0.15) is 6.61 Å². The summed E-state index contributed by atoms with van der Waals surface area (Å²) in [5.41, 5.74) is 0. The minimum atomic E-state index is 0.397. The van der Waals surface area contributed by atoms with Gasteiger partial charge in [0.05, 0.1) is 0 Å². The molecule has 0 unspecified atom stereocenters. The van der Waals surface area contributed by atoms with Gasteiger partial charge in [0.15, 0.2) is 5.15 Å². The highest BCUT2D eigenvalue weighted by Gasteiger charge is 2.08. The third kappa shape index (κ3) is 2.17. The van der Waals surface area contributed by atoms with Gasteiger partial charge in [-0.1, -0.05) is 35.9 Å². The lowest BCUT2D eigenvalue weighted by Crippen LogP contribution is -1.98. The molecule has 90 valence electrons. The van der Waals surface area contributed by atoms with Gasteiger partial charge in [-0.15, -0.1) is 21.5 Å². The summed E-state index contributed by atoms with van der Waals surface area (Å²) in [6.07, 6.45) is 0. The molecule has 2 aromatic heterocycles. The molecule has 18 heavy (non-hydrogen) atoms. The van der Waals surface area contributed by atoms with Crippen LogP contribution in [0.5, 0.6) is 5.88 Å². The van der Waals surface area contributed by atoms with Crippen LogP contribution in [0, 0.1) is 0 Å². The number of rotatable bonds is 3. The Morgan fingerprint density at radius 1 is 1.06 bits per heavy atom. The predicted molar refractivity (Wildman–Crippen MR) is 73.2 cm³/mol. The van der Waals surface area contributed by atoms with Crippen molar-refractivity contribution < 1.29 is 4.74 Å². The summed E-state index contributed by atoms with van der Waals surface area (Å²) in [4.78, 5) is 1.15. The fourth-order valence-corrected chi connectivity index (χ4v) is 2.51. The topological polar surface area (TPSA) is 35.0 Å². The second-order valence-electron chi connectivity index (χ2n) is 3.71. The summed E-state index contributed by atoms with van der Waals surface area (Å²) in [5.74, 6) is 0.517. The van der Waals surface area contributed by atoms with Crippen LogP contribution in [0.1, 0.15) is 4.88 Å². The number of halogens is 1. The molecule has 3 aromatic rings. The molecule has 0 spiro atoms. The van der Waals surface area contributed by atoms with Crippen LogP contribution < -0.4 is 4.74 Å². The Morgan fingerprint density at radius 2 is 1.89 bits per heavy atom. The van der Waals surface area contributed by atoms with Crippen LogP contribution in [0.2, 0.25) is 5.15 Å². The van der Waals surface area contributed by atoms with Gasteiger partial charge in [0.2, 0.25) is 5.88 Å². The van der Waals surface area contributed by atoms with E-state index < -0.39 is 0 Å². The van der Waals surface area contributed by atoms with Crippen LogP contribution in [-0.4, -0.2) is 10.2 Å². The third-order valence-corrected chi connectivity index (χ3v) is 3.67. The first-order chi connectivity index (χ1) is 8.84. The van der Waals surface area contributed by atoms with Crippen molar-refractivity contribution in [1.29, 1.82) is 0 Å². The first-order valence-corrected chi connectivity index (χ1v) is 6.66. The van der Waals surface area contributed by atoms with Crippen LogP contribution >= 0.6 is 22.9 Å². The maximum absolute atomic E-state index is 6.00. The molecule has 0 fully saturated rings. The van der Waals surface area contributed by atoms with Gasteiger partial charge in [-0.2, -0.15) is 0 Å². The molecule has 3 nitrogen and oxygen atoms in total. The van der Waals surface area contributed by atoms with Crippen molar-refractivity contribution in [1.82, 2.24) is 10.2 Å². The minimum absolute atomic E-state index is 0.397. The van der Waals surface area contributed by atoms with E-state index >= 15 is 0 Å². The Kier molecular flexibility index (Phi) is 3.13. The highest BCUT2D eigenvalue weighted by Crippen LogP contribution is 2.27. The summed E-state index contributed by atoms with van der Waals surface area (Å²) in [6, 6.07) is 11.7. The largest absolute Gasteiger partial charge is 0.470 e. The normalized spacial score (nSPS) is 10.7. The molecule has 0 aliphatic heterocycles. The molecule has 0 saturated carbocycles. The van der Waals surface area contributed by atoms with Gasteiger partial charge in [0.25, 0.3) is 0 Å². The van der Waals surface area contributed by atoms with E-state index in [1.165, 1.54) is 0 Å². The second kappa shape index (κ2) is 4.92. The first kappa shape index (κ1) is 11.4. The quantitative estimate of drug-likeness (QED) is 0.727. The molecule has 1 aromatic carbocycles. The van der Waals surface area contributed by atoms with Crippen LogP contribution in [0.4, 0.5) is 0 Å². The van der Waals surface area contributed by atoms with E-state index in [2.05, 4.69) is 10.2 Å². The van der Waals surface area contributed by atoms with E-state index in [1.54, 1.807) is 11.3 Å². The van der Waals surface area contributed by atoms with Crippen molar-refractivity contribution in [2.24, 2.45) is 0 Å². The zero-order valence-electron chi connectivity index (χ0n) is 9.34. The molecule has 0 N–H and O–H groups in total. The van der Waals surface area contributed by atoms with Crippen molar-refractivity contribution in [3.05, 3.63) is 51.8 Å². The van der Waals surface area contributed by atoms with Gasteiger partial charge < -0.3 is 4.74 Å². The SMILES string of the molecule is Clc1nnc(OCc2cccs2)c2ccccc12. The van der Waals surface area contributed by atoms with Crippen molar-refractivity contribution in [2.75, 3.05) is 0 Å². The number of benzene rings is 1. The summed E-state index contributed by atoms with van der Waals surface area (Å²) in [5, 5.41) is 12.1. The Balaban J connectivity index is 1.94. The number of hydrogen-bond acceptors (Lipinski definition) is 4. The van der Waals surface area contributed by atoms with Gasteiger partial charge in [-0.05, 0) is 17.5 Å². The maximum atomic E-state index is 6.00. The minimum Gasteiger partial charge on any atom is -0.470 e. The molecule has 0 atom stereocenters. The average Bonchev–Trinajstić information content (AvgIpc) is 2.92. The van der Waals surface area contributed by atoms with E-state index in [-0.39, 0.29) is 0 Å². The number of ether oxygens (including phenoxy) is 1. The number of aromatic nitrogens is 2. The summed E-state index contributed by atoms with van der Waals surface area (Å²) < 4.78 is 5.70. The van der Waals surface area contributed by atoms with Gasteiger partial charge in [0, 0.05) is 15.6 Å². The van der Waals surface area contributed by atoms with Crippen molar-refractivity contribution in [2.45, 2.75) is 6.61 Å². The van der Waals surface area contributed by atoms with Gasteiger partial charge in [-0.25, -0.2) is 0 Å². The Bertz CT molecular complexity index is 670. The Morgan fingerprint density at radius 3 is 2.67 bits per heavy atom. The summed E-state index contributed by atoms with van der Waals surface area (Å²) >= 11 is 7.65. The zero-order valence-corrected chi connectivity index (χ0v) is 10.9. The van der Waals surface area contributed by atoms with E-state index in [0.29, 0.717) is 17.6 Å². The monoisotopic (exact) mass is 276 g/mol. The molecule has 0 amide bonds. The van der Waals surface area contributed by atoms with Crippen molar-refractivity contribution >= 4 is 33.7 Å². The molecule has 0 saturated heterocycles. The van der Waals surface area contributed by atoms with E-state index in [1.807, 2.05) is 41.8 Å². The highest BCUT2D eigenvalue weighted by atomic mass is 35.5. The van der Waals surface area contributed by atoms with E-state index in [9.17, 15) is 0 Å². The lowest BCUT2D eigenvalue weighted by Gasteiger charge is -2.06. The van der Waals surface area contributed by atoms with Crippen LogP contribution in [0.3, 0.4) is 0 Å². The lowest BCUT2D eigenvalue weighted by molar-refractivity contribution is 0.298. The number of nitrogens with zero attached hydrogens (tertiary/aromatic N) is 2. The smallest absolute Gasteiger partial charge is 0.241 e. The van der Waals surface area contributed by atoms with Gasteiger partial charge >= 0.3 is 0 Å². The fourth-order valence-electron chi connectivity index (χ4n) is 1.69. The maximum Gasteiger partial charge on any atom is 0.241 e. The molecule has 0 bridgehead atoms. The zero-order chi connectivity index (χ0) is 12.4. The van der Waals surface area contributed by atoms with Crippen LogP contribution in [0.15, 0.2) is 41.8 Å². The second-order valence-corrected chi connectivity index (χ2v) is 5.10. The molecular weight excluding hydrogens is 268 g/mol. The Labute approximate surface area is 113 Å². The highest BCUT2D eigenvalue weighted by molar-refractivity contribution is 7.09. The molecule has 3 rings (SSSR count). The van der Waals surface area contributed by atoms with Gasteiger partial charge in [-0.3, -0.25) is 0 Å². The van der Waals surface area contributed by atoms with E-state index in [4.69, 9.17) is 16.3 Å². The molecule has 2 heterocycles. The van der Waals surface area contributed by atoms with Crippen molar-refractivity contribution in [3.8, 4) is 5.88 Å². The summed E-state index contributed by atoms with van der Waals surface area (Å²) in [6.45, 7) is 0.498. The first-order valence-electron chi connectivity index (χ1n) is 5.41.